The highest BCUT2D eigenvalue weighted by Crippen LogP contribution is 2.15. The molecule has 1 unspecified atom stereocenters. The number of nitrogens with two attached hydrogens (primary N) is 1. The molecule has 0 saturated carbocycles. The zero-order valence-corrected chi connectivity index (χ0v) is 10.3. The Morgan fingerprint density at radius 3 is 3.12 bits per heavy atom. The van der Waals surface area contributed by atoms with Gasteiger partial charge in [0, 0.05) is 26.7 Å². The second-order valence-corrected chi connectivity index (χ2v) is 4.25. The van der Waals surface area contributed by atoms with E-state index in [2.05, 4.69) is 10.3 Å². The third kappa shape index (κ3) is 3.02. The molecule has 0 bridgehead atoms. The maximum absolute atomic E-state index is 5.66. The van der Waals surface area contributed by atoms with Crippen molar-refractivity contribution >= 4 is 0 Å². The van der Waals surface area contributed by atoms with Crippen molar-refractivity contribution in [2.75, 3.05) is 20.3 Å². The van der Waals surface area contributed by atoms with Crippen LogP contribution in [0.15, 0.2) is 0 Å². The van der Waals surface area contributed by atoms with Gasteiger partial charge in [-0.2, -0.15) is 0 Å². The van der Waals surface area contributed by atoms with Gasteiger partial charge in [-0.3, -0.25) is 0 Å². The van der Waals surface area contributed by atoms with Gasteiger partial charge in [0.2, 0.25) is 0 Å². The van der Waals surface area contributed by atoms with Gasteiger partial charge >= 0.3 is 0 Å². The second-order valence-electron chi connectivity index (χ2n) is 4.25. The van der Waals surface area contributed by atoms with Crippen LogP contribution in [0.1, 0.15) is 24.2 Å². The fourth-order valence-electron chi connectivity index (χ4n) is 2.13. The molecule has 2 N–H and O–H groups in total. The second kappa shape index (κ2) is 6.09. The SMILES string of the molecule is COCCc1c(CN)nnn1CC1CCCO1. The predicted molar refractivity (Wildman–Crippen MR) is 62.5 cm³/mol. The predicted octanol–water partition coefficient (Wildman–Crippen LogP) is 0.105. The first-order valence-electron chi connectivity index (χ1n) is 6.07. The van der Waals surface area contributed by atoms with Gasteiger partial charge < -0.3 is 15.2 Å². The van der Waals surface area contributed by atoms with Crippen LogP contribution in [0, 0.1) is 0 Å². The van der Waals surface area contributed by atoms with E-state index >= 15 is 0 Å². The molecule has 1 aromatic heterocycles. The molecular formula is C11H20N4O2. The van der Waals surface area contributed by atoms with Crippen LogP contribution in [0.2, 0.25) is 0 Å². The van der Waals surface area contributed by atoms with Crippen LogP contribution in [-0.2, 0) is 29.0 Å². The minimum absolute atomic E-state index is 0.267. The number of nitrogens with zero attached hydrogens (tertiary/aromatic N) is 3. The number of methoxy groups -OCH3 is 1. The highest BCUT2D eigenvalue weighted by atomic mass is 16.5. The molecule has 0 aliphatic carbocycles. The maximum atomic E-state index is 5.66. The van der Waals surface area contributed by atoms with Gasteiger partial charge in [-0.25, -0.2) is 4.68 Å². The van der Waals surface area contributed by atoms with Crippen LogP contribution >= 0.6 is 0 Å². The number of rotatable bonds is 6. The Kier molecular flexibility index (Phi) is 4.47. The summed E-state index contributed by atoms with van der Waals surface area (Å²) in [6, 6.07) is 0. The molecular weight excluding hydrogens is 220 g/mol. The zero-order valence-electron chi connectivity index (χ0n) is 10.3. The molecule has 1 fully saturated rings. The van der Waals surface area contributed by atoms with E-state index in [1.807, 2.05) is 4.68 Å². The first-order valence-corrected chi connectivity index (χ1v) is 6.07. The van der Waals surface area contributed by atoms with Crippen molar-refractivity contribution in [3.05, 3.63) is 11.4 Å². The summed E-state index contributed by atoms with van der Waals surface area (Å²) in [5.41, 5.74) is 7.59. The van der Waals surface area contributed by atoms with Crippen LogP contribution in [-0.4, -0.2) is 41.4 Å². The lowest BCUT2D eigenvalue weighted by atomic mass is 10.2. The molecule has 6 heteroatoms. The molecule has 17 heavy (non-hydrogen) atoms. The average Bonchev–Trinajstić information content (AvgIpc) is 2.97. The summed E-state index contributed by atoms with van der Waals surface area (Å²) < 4.78 is 12.6. The van der Waals surface area contributed by atoms with E-state index < -0.39 is 0 Å². The normalized spacial score (nSPS) is 20.0. The minimum Gasteiger partial charge on any atom is -0.384 e. The fraction of sp³-hybridized carbons (Fsp3) is 0.818. The van der Waals surface area contributed by atoms with Crippen molar-refractivity contribution in [3.63, 3.8) is 0 Å². The van der Waals surface area contributed by atoms with E-state index in [1.165, 1.54) is 0 Å². The largest absolute Gasteiger partial charge is 0.384 e. The summed E-state index contributed by atoms with van der Waals surface area (Å²) in [7, 11) is 1.69. The molecule has 2 rings (SSSR count). The van der Waals surface area contributed by atoms with E-state index in [1.54, 1.807) is 7.11 Å². The molecule has 0 aromatic carbocycles. The van der Waals surface area contributed by atoms with Gasteiger partial charge in [0.25, 0.3) is 0 Å². The van der Waals surface area contributed by atoms with Crippen LogP contribution in [0.5, 0.6) is 0 Å². The Hall–Kier alpha value is -0.980. The van der Waals surface area contributed by atoms with Gasteiger partial charge in [-0.05, 0) is 12.8 Å². The van der Waals surface area contributed by atoms with E-state index in [0.29, 0.717) is 13.2 Å². The lowest BCUT2D eigenvalue weighted by molar-refractivity contribution is 0.0922. The van der Waals surface area contributed by atoms with Crippen molar-refractivity contribution in [1.29, 1.82) is 0 Å². The average molecular weight is 240 g/mol. The Bertz CT molecular complexity index is 347. The molecule has 0 amide bonds. The Balaban J connectivity index is 2.05. The van der Waals surface area contributed by atoms with Gasteiger partial charge in [-0.1, -0.05) is 5.21 Å². The van der Waals surface area contributed by atoms with E-state index in [-0.39, 0.29) is 6.10 Å². The van der Waals surface area contributed by atoms with Crippen molar-refractivity contribution < 1.29 is 9.47 Å². The molecule has 1 aliphatic heterocycles. The van der Waals surface area contributed by atoms with Crippen molar-refractivity contribution in [1.82, 2.24) is 15.0 Å². The van der Waals surface area contributed by atoms with Crippen molar-refractivity contribution in [2.24, 2.45) is 5.73 Å². The molecule has 1 saturated heterocycles. The molecule has 1 aromatic rings. The van der Waals surface area contributed by atoms with E-state index in [0.717, 1.165) is 43.8 Å². The standard InChI is InChI=1S/C11H20N4O2/c1-16-6-4-11-10(7-12)13-14-15(11)8-9-3-2-5-17-9/h9H,2-8,12H2,1H3. The van der Waals surface area contributed by atoms with Crippen molar-refractivity contribution in [3.8, 4) is 0 Å². The lowest BCUT2D eigenvalue weighted by Crippen LogP contribution is -2.19. The zero-order chi connectivity index (χ0) is 12.1. The van der Waals surface area contributed by atoms with Gasteiger partial charge in [0.1, 0.15) is 0 Å². The molecule has 1 aliphatic rings. The molecule has 0 spiro atoms. The number of hydrogen-bond acceptors (Lipinski definition) is 5. The quantitative estimate of drug-likeness (QED) is 0.763. The summed E-state index contributed by atoms with van der Waals surface area (Å²) in [5.74, 6) is 0. The smallest absolute Gasteiger partial charge is 0.0995 e. The Morgan fingerprint density at radius 2 is 2.47 bits per heavy atom. The first kappa shape index (κ1) is 12.5. The summed E-state index contributed by atoms with van der Waals surface area (Å²) in [4.78, 5) is 0. The fourth-order valence-corrected chi connectivity index (χ4v) is 2.13. The Labute approximate surface area is 101 Å². The third-order valence-corrected chi connectivity index (χ3v) is 3.05. The Morgan fingerprint density at radius 1 is 1.59 bits per heavy atom. The number of aromatic nitrogens is 3. The highest BCUT2D eigenvalue weighted by Gasteiger charge is 2.19. The minimum atomic E-state index is 0.267. The highest BCUT2D eigenvalue weighted by molar-refractivity contribution is 5.10. The number of hydrogen-bond donors (Lipinski definition) is 1. The summed E-state index contributed by atoms with van der Waals surface area (Å²) in [6.07, 6.45) is 3.30. The van der Waals surface area contributed by atoms with Crippen LogP contribution in [0.25, 0.3) is 0 Å². The summed E-state index contributed by atoms with van der Waals surface area (Å²) >= 11 is 0. The van der Waals surface area contributed by atoms with Crippen LogP contribution in [0.4, 0.5) is 0 Å². The van der Waals surface area contributed by atoms with Crippen molar-refractivity contribution in [2.45, 2.75) is 38.5 Å². The first-order chi connectivity index (χ1) is 8.35. The maximum Gasteiger partial charge on any atom is 0.0995 e. The van der Waals surface area contributed by atoms with Crippen LogP contribution < -0.4 is 5.73 Å². The van der Waals surface area contributed by atoms with Gasteiger partial charge in [0.15, 0.2) is 0 Å². The molecule has 6 nitrogen and oxygen atoms in total. The summed E-state index contributed by atoms with van der Waals surface area (Å²) in [6.45, 7) is 2.71. The lowest BCUT2D eigenvalue weighted by Gasteiger charge is -2.12. The van der Waals surface area contributed by atoms with E-state index in [9.17, 15) is 0 Å². The van der Waals surface area contributed by atoms with Gasteiger partial charge in [-0.15, -0.1) is 5.10 Å². The number of ether oxygens (including phenoxy) is 2. The molecule has 0 radical (unpaired) electrons. The molecule has 1 atom stereocenters. The van der Waals surface area contributed by atoms with E-state index in [4.69, 9.17) is 15.2 Å². The topological polar surface area (TPSA) is 75.2 Å². The molecule has 2 heterocycles. The summed E-state index contributed by atoms with van der Waals surface area (Å²) in [5, 5.41) is 8.26. The molecule has 96 valence electrons. The van der Waals surface area contributed by atoms with Gasteiger partial charge in [0.05, 0.1) is 30.6 Å². The van der Waals surface area contributed by atoms with Crippen LogP contribution in [0.3, 0.4) is 0 Å². The monoisotopic (exact) mass is 240 g/mol. The third-order valence-electron chi connectivity index (χ3n) is 3.05.